The molecule has 0 unspecified atom stereocenters. The third kappa shape index (κ3) is 2.03. The molecule has 0 bridgehead atoms. The van der Waals surface area contributed by atoms with Crippen molar-refractivity contribution >= 4 is 5.97 Å². The lowest BCUT2D eigenvalue weighted by Gasteiger charge is -2.27. The number of carboxylic acids is 1. The zero-order valence-corrected chi connectivity index (χ0v) is 8.83. The van der Waals surface area contributed by atoms with Gasteiger partial charge in [-0.25, -0.2) is 0 Å². The molecule has 1 N–H and O–H groups in total. The topological polar surface area (TPSA) is 50.4 Å². The summed E-state index contributed by atoms with van der Waals surface area (Å²) in [5.74, 6) is -2.29. The van der Waals surface area contributed by atoms with Crippen molar-refractivity contribution in [3.63, 3.8) is 0 Å². The Labute approximate surface area is 95.2 Å². The average Bonchev–Trinajstić information content (AvgIpc) is 2.83. The van der Waals surface area contributed by atoms with Crippen molar-refractivity contribution in [2.24, 2.45) is 5.41 Å². The number of rotatable bonds is 4. The molecule has 1 aromatic heterocycles. The van der Waals surface area contributed by atoms with E-state index < -0.39 is 29.9 Å². The molecule has 1 aromatic rings. The summed E-state index contributed by atoms with van der Waals surface area (Å²) < 4.78 is 43.6. The second-order valence-electron chi connectivity index (χ2n) is 4.36. The highest BCUT2D eigenvalue weighted by atomic mass is 19.4. The van der Waals surface area contributed by atoms with Crippen molar-refractivity contribution in [3.8, 4) is 0 Å². The van der Waals surface area contributed by atoms with Crippen LogP contribution in [0.1, 0.15) is 30.7 Å². The van der Waals surface area contributed by atoms with Gasteiger partial charge in [0.1, 0.15) is 0 Å². The predicted octanol–water partition coefficient (Wildman–Crippen LogP) is 3.18. The Kier molecular flexibility index (Phi) is 2.67. The molecule has 1 saturated carbocycles. The van der Waals surface area contributed by atoms with Crippen LogP contribution < -0.4 is 0 Å². The minimum Gasteiger partial charge on any atom is -0.481 e. The lowest BCUT2D eigenvalue weighted by atomic mass is 9.81. The lowest BCUT2D eigenvalue weighted by molar-refractivity contribution is -0.195. The molecule has 0 radical (unpaired) electrons. The molecule has 1 aliphatic rings. The van der Waals surface area contributed by atoms with Crippen molar-refractivity contribution in [2.45, 2.75) is 31.4 Å². The van der Waals surface area contributed by atoms with Gasteiger partial charge >= 0.3 is 12.1 Å². The molecule has 2 rings (SSSR count). The smallest absolute Gasteiger partial charge is 0.395 e. The van der Waals surface area contributed by atoms with E-state index in [0.29, 0.717) is 5.56 Å². The molecule has 94 valence electrons. The molecule has 1 heterocycles. The van der Waals surface area contributed by atoms with Gasteiger partial charge in [-0.05, 0) is 24.5 Å². The van der Waals surface area contributed by atoms with Gasteiger partial charge in [-0.1, -0.05) is 0 Å². The fourth-order valence-electron chi connectivity index (χ4n) is 2.24. The number of aliphatic carboxylic acids is 1. The first-order chi connectivity index (χ1) is 7.87. The monoisotopic (exact) mass is 248 g/mol. The molecule has 1 atom stereocenters. The largest absolute Gasteiger partial charge is 0.481 e. The summed E-state index contributed by atoms with van der Waals surface area (Å²) in [5.41, 5.74) is -1.57. The molecular formula is C11H11F3O3. The molecule has 3 nitrogen and oxygen atoms in total. The molecule has 0 amide bonds. The van der Waals surface area contributed by atoms with Crippen molar-refractivity contribution in [3.05, 3.63) is 24.2 Å². The van der Waals surface area contributed by atoms with Gasteiger partial charge in [-0.2, -0.15) is 13.2 Å². The van der Waals surface area contributed by atoms with Crippen LogP contribution in [-0.2, 0) is 4.79 Å². The van der Waals surface area contributed by atoms with Gasteiger partial charge < -0.3 is 9.52 Å². The van der Waals surface area contributed by atoms with Crippen LogP contribution in [0.25, 0.3) is 0 Å². The van der Waals surface area contributed by atoms with Gasteiger partial charge in [-0.15, -0.1) is 0 Å². The summed E-state index contributed by atoms with van der Waals surface area (Å²) in [6, 6.07) is 1.40. The minimum absolute atomic E-state index is 0.0143. The normalized spacial score (nSPS) is 19.9. The molecule has 1 aliphatic carbocycles. The summed E-state index contributed by atoms with van der Waals surface area (Å²) in [5, 5.41) is 8.74. The average molecular weight is 248 g/mol. The van der Waals surface area contributed by atoms with Gasteiger partial charge in [0, 0.05) is 5.92 Å². The van der Waals surface area contributed by atoms with Crippen molar-refractivity contribution in [2.75, 3.05) is 0 Å². The van der Waals surface area contributed by atoms with E-state index in [1.807, 2.05) is 0 Å². The van der Waals surface area contributed by atoms with E-state index in [2.05, 4.69) is 0 Å². The molecular weight excluding hydrogens is 237 g/mol. The van der Waals surface area contributed by atoms with Gasteiger partial charge in [0.15, 0.2) is 0 Å². The van der Waals surface area contributed by atoms with Crippen LogP contribution in [0.15, 0.2) is 23.0 Å². The van der Waals surface area contributed by atoms with Gasteiger partial charge in [-0.3, -0.25) is 4.79 Å². The molecule has 17 heavy (non-hydrogen) atoms. The zero-order valence-electron chi connectivity index (χ0n) is 8.83. The third-order valence-corrected chi connectivity index (χ3v) is 3.34. The fourth-order valence-corrected chi connectivity index (χ4v) is 2.24. The second kappa shape index (κ2) is 3.78. The van der Waals surface area contributed by atoms with Crippen molar-refractivity contribution < 1.29 is 27.5 Å². The van der Waals surface area contributed by atoms with E-state index in [4.69, 9.17) is 9.52 Å². The first-order valence-corrected chi connectivity index (χ1v) is 5.17. The minimum atomic E-state index is -4.37. The molecule has 6 heteroatoms. The quantitative estimate of drug-likeness (QED) is 0.890. The Bertz CT molecular complexity index is 404. The third-order valence-electron chi connectivity index (χ3n) is 3.34. The van der Waals surface area contributed by atoms with Gasteiger partial charge in [0.25, 0.3) is 0 Å². The summed E-state index contributed by atoms with van der Waals surface area (Å²) in [7, 11) is 0. The number of alkyl halides is 3. The lowest BCUT2D eigenvalue weighted by Crippen LogP contribution is -2.32. The predicted molar refractivity (Wildman–Crippen MR) is 51.4 cm³/mol. The maximum absolute atomic E-state index is 13.0. The summed E-state index contributed by atoms with van der Waals surface area (Å²) in [6.45, 7) is 0. The van der Waals surface area contributed by atoms with E-state index in [-0.39, 0.29) is 12.8 Å². The molecule has 1 fully saturated rings. The Morgan fingerprint density at radius 1 is 1.53 bits per heavy atom. The van der Waals surface area contributed by atoms with Crippen LogP contribution in [0.5, 0.6) is 0 Å². The number of carbonyl (C=O) groups is 1. The maximum Gasteiger partial charge on any atom is 0.395 e. The van der Waals surface area contributed by atoms with E-state index >= 15 is 0 Å². The van der Waals surface area contributed by atoms with Crippen LogP contribution in [-0.4, -0.2) is 17.3 Å². The summed E-state index contributed by atoms with van der Waals surface area (Å²) >= 11 is 0. The second-order valence-corrected chi connectivity index (χ2v) is 4.36. The molecule has 0 saturated heterocycles. The fraction of sp³-hybridized carbons (Fsp3) is 0.545. The Morgan fingerprint density at radius 3 is 2.53 bits per heavy atom. The first-order valence-electron chi connectivity index (χ1n) is 5.17. The van der Waals surface area contributed by atoms with E-state index in [9.17, 15) is 18.0 Å². The Morgan fingerprint density at radius 2 is 2.18 bits per heavy atom. The number of hydrogen-bond acceptors (Lipinski definition) is 2. The van der Waals surface area contributed by atoms with Crippen LogP contribution in [0.2, 0.25) is 0 Å². The number of hydrogen-bond donors (Lipinski definition) is 1. The standard InChI is InChI=1S/C11H11F3O3/c12-11(13,14)10(2-3-10)8(5-9(15)16)7-1-4-17-6-7/h1,4,6,8H,2-3,5H2,(H,15,16)/t8-/m1/s1. The van der Waals surface area contributed by atoms with E-state index in [0.717, 1.165) is 0 Å². The van der Waals surface area contributed by atoms with E-state index in [1.165, 1.54) is 18.6 Å². The SMILES string of the molecule is O=C(O)C[C@H](c1ccoc1)C1(C(F)(F)F)CC1. The van der Waals surface area contributed by atoms with Crippen LogP contribution in [0.3, 0.4) is 0 Å². The van der Waals surface area contributed by atoms with Crippen molar-refractivity contribution in [1.29, 1.82) is 0 Å². The maximum atomic E-state index is 13.0. The summed E-state index contributed by atoms with van der Waals surface area (Å²) in [6.07, 6.45) is -2.47. The molecule has 0 spiro atoms. The first kappa shape index (κ1) is 12.0. The summed E-state index contributed by atoms with van der Waals surface area (Å²) in [4.78, 5) is 10.7. The number of furan rings is 1. The highest BCUT2D eigenvalue weighted by Crippen LogP contribution is 2.66. The van der Waals surface area contributed by atoms with E-state index in [1.54, 1.807) is 0 Å². The van der Waals surface area contributed by atoms with Gasteiger partial charge in [0.05, 0.1) is 24.4 Å². The number of carboxylic acid groups (broad SMARTS) is 1. The van der Waals surface area contributed by atoms with Crippen LogP contribution >= 0.6 is 0 Å². The highest BCUT2D eigenvalue weighted by Gasteiger charge is 2.67. The Hall–Kier alpha value is -1.46. The highest BCUT2D eigenvalue weighted by molar-refractivity contribution is 5.68. The van der Waals surface area contributed by atoms with Crippen LogP contribution in [0.4, 0.5) is 13.2 Å². The number of halogens is 3. The van der Waals surface area contributed by atoms with Crippen molar-refractivity contribution in [1.82, 2.24) is 0 Å². The Balaban J connectivity index is 2.32. The molecule has 0 aliphatic heterocycles. The van der Waals surface area contributed by atoms with Gasteiger partial charge in [0.2, 0.25) is 0 Å². The molecule has 0 aromatic carbocycles. The zero-order chi connectivity index (χ0) is 12.7. The van der Waals surface area contributed by atoms with Crippen LogP contribution in [0, 0.1) is 5.41 Å².